The zero-order valence-electron chi connectivity index (χ0n) is 16.5. The van der Waals surface area contributed by atoms with E-state index in [1.807, 2.05) is 47.4 Å². The smallest absolute Gasteiger partial charge is 0.255 e. The molecule has 1 aliphatic carbocycles. The third kappa shape index (κ3) is 3.53. The second-order valence-corrected chi connectivity index (χ2v) is 8.12. The van der Waals surface area contributed by atoms with Gasteiger partial charge in [0.1, 0.15) is 0 Å². The number of carbonyl (C=O) groups is 2. The van der Waals surface area contributed by atoms with Crippen LogP contribution in [-0.4, -0.2) is 28.2 Å². The summed E-state index contributed by atoms with van der Waals surface area (Å²) in [6, 6.07) is 13.7. The Hall–Kier alpha value is -3.08. The lowest BCUT2D eigenvalue weighted by Crippen LogP contribution is -2.23. The number of hydrogen-bond donors (Lipinski definition) is 2. The first-order chi connectivity index (χ1) is 14.2. The van der Waals surface area contributed by atoms with Gasteiger partial charge in [-0.05, 0) is 73.6 Å². The highest BCUT2D eigenvalue weighted by Crippen LogP contribution is 2.30. The number of benzene rings is 2. The largest absolute Gasteiger partial charge is 0.358 e. The van der Waals surface area contributed by atoms with Gasteiger partial charge in [0.2, 0.25) is 5.91 Å². The third-order valence-corrected chi connectivity index (χ3v) is 6.09. The standard InChI is InChI=1S/C24H25N3O2/c28-23-9-4-12-27(23)15-16-5-3-6-18(13-16)25-24(29)17-10-11-22-20(14-17)19-7-1-2-8-21(19)26-22/h3,5-6,10-11,13-14,26H,1-2,4,7-9,12,15H2,(H,25,29). The fourth-order valence-electron chi connectivity index (χ4n) is 4.59. The molecule has 3 aromatic rings. The van der Waals surface area contributed by atoms with Gasteiger partial charge in [-0.2, -0.15) is 0 Å². The molecule has 2 aliphatic rings. The van der Waals surface area contributed by atoms with Gasteiger partial charge in [-0.15, -0.1) is 0 Å². The number of nitrogens with zero attached hydrogens (tertiary/aromatic N) is 1. The summed E-state index contributed by atoms with van der Waals surface area (Å²) in [6.07, 6.45) is 6.19. The maximum Gasteiger partial charge on any atom is 0.255 e. The number of amides is 2. The summed E-state index contributed by atoms with van der Waals surface area (Å²) in [5.41, 5.74) is 6.28. The van der Waals surface area contributed by atoms with E-state index in [0.717, 1.165) is 42.6 Å². The molecule has 29 heavy (non-hydrogen) atoms. The van der Waals surface area contributed by atoms with Gasteiger partial charge in [-0.25, -0.2) is 0 Å². The topological polar surface area (TPSA) is 65.2 Å². The maximum absolute atomic E-state index is 12.9. The second-order valence-electron chi connectivity index (χ2n) is 8.12. The molecule has 1 aromatic heterocycles. The molecule has 2 amide bonds. The van der Waals surface area contributed by atoms with Gasteiger partial charge in [0.05, 0.1) is 0 Å². The highest BCUT2D eigenvalue weighted by atomic mass is 16.2. The van der Waals surface area contributed by atoms with Crippen LogP contribution in [0.4, 0.5) is 5.69 Å². The Bertz CT molecular complexity index is 1100. The summed E-state index contributed by atoms with van der Waals surface area (Å²) >= 11 is 0. The monoisotopic (exact) mass is 387 g/mol. The number of hydrogen-bond acceptors (Lipinski definition) is 2. The molecule has 0 radical (unpaired) electrons. The second kappa shape index (κ2) is 7.39. The molecule has 0 spiro atoms. The van der Waals surface area contributed by atoms with E-state index in [1.165, 1.54) is 29.5 Å². The van der Waals surface area contributed by atoms with Crippen molar-refractivity contribution in [2.45, 2.75) is 45.1 Å². The van der Waals surface area contributed by atoms with Gasteiger partial charge in [-0.3, -0.25) is 9.59 Å². The number of likely N-dealkylation sites (tertiary alicyclic amines) is 1. The molecular weight excluding hydrogens is 362 g/mol. The SMILES string of the molecule is O=C(Nc1cccc(CN2CCCC2=O)c1)c1ccc2[nH]c3c(c2c1)CCCC3. The number of fused-ring (bicyclic) bond motifs is 3. The molecule has 0 bridgehead atoms. The number of carbonyl (C=O) groups excluding carboxylic acids is 2. The quantitative estimate of drug-likeness (QED) is 0.696. The average Bonchev–Trinajstić information content (AvgIpc) is 3.31. The molecule has 0 atom stereocenters. The van der Waals surface area contributed by atoms with Crippen LogP contribution in [0.25, 0.3) is 10.9 Å². The minimum atomic E-state index is -0.105. The normalized spacial score (nSPS) is 16.3. The van der Waals surface area contributed by atoms with Gasteiger partial charge in [0.15, 0.2) is 0 Å². The first-order valence-electron chi connectivity index (χ1n) is 10.5. The van der Waals surface area contributed by atoms with Crippen molar-refractivity contribution >= 4 is 28.4 Å². The van der Waals surface area contributed by atoms with Gasteiger partial charge in [0.25, 0.3) is 5.91 Å². The van der Waals surface area contributed by atoms with Crippen LogP contribution in [0.15, 0.2) is 42.5 Å². The minimum absolute atomic E-state index is 0.105. The molecule has 2 aromatic carbocycles. The zero-order chi connectivity index (χ0) is 19.8. The number of H-pyrrole nitrogens is 1. The Kier molecular flexibility index (Phi) is 4.58. The Labute approximate surface area is 170 Å². The van der Waals surface area contributed by atoms with Gasteiger partial charge >= 0.3 is 0 Å². The van der Waals surface area contributed by atoms with Crippen LogP contribution in [-0.2, 0) is 24.2 Å². The summed E-state index contributed by atoms with van der Waals surface area (Å²) in [7, 11) is 0. The van der Waals surface area contributed by atoms with Gasteiger partial charge in [0, 0.05) is 47.4 Å². The van der Waals surface area contributed by atoms with Crippen molar-refractivity contribution in [3.05, 3.63) is 64.8 Å². The Balaban J connectivity index is 1.35. The molecular formula is C24H25N3O2. The van der Waals surface area contributed by atoms with E-state index in [1.54, 1.807) is 0 Å². The highest BCUT2D eigenvalue weighted by Gasteiger charge is 2.20. The molecule has 1 fully saturated rings. The molecule has 1 aliphatic heterocycles. The van der Waals surface area contributed by atoms with Gasteiger partial charge < -0.3 is 15.2 Å². The van der Waals surface area contributed by atoms with Crippen molar-refractivity contribution in [2.24, 2.45) is 0 Å². The predicted molar refractivity (Wildman–Crippen MR) is 114 cm³/mol. The number of aromatic nitrogens is 1. The third-order valence-electron chi connectivity index (χ3n) is 6.09. The Morgan fingerprint density at radius 3 is 2.79 bits per heavy atom. The number of aromatic amines is 1. The van der Waals surface area contributed by atoms with E-state index in [4.69, 9.17) is 0 Å². The Morgan fingerprint density at radius 2 is 1.93 bits per heavy atom. The highest BCUT2D eigenvalue weighted by molar-refractivity contribution is 6.06. The molecule has 0 saturated carbocycles. The van der Waals surface area contributed by atoms with E-state index in [-0.39, 0.29) is 11.8 Å². The number of rotatable bonds is 4. The molecule has 148 valence electrons. The van der Waals surface area contributed by atoms with Crippen LogP contribution in [0.5, 0.6) is 0 Å². The van der Waals surface area contributed by atoms with E-state index in [9.17, 15) is 9.59 Å². The summed E-state index contributed by atoms with van der Waals surface area (Å²) < 4.78 is 0. The van der Waals surface area contributed by atoms with Crippen LogP contribution in [0, 0.1) is 0 Å². The number of anilines is 1. The fraction of sp³-hybridized carbons (Fsp3) is 0.333. The van der Waals surface area contributed by atoms with Crippen LogP contribution in [0.2, 0.25) is 0 Å². The molecule has 5 nitrogen and oxygen atoms in total. The average molecular weight is 387 g/mol. The number of aryl methyl sites for hydroxylation is 2. The van der Waals surface area contributed by atoms with E-state index >= 15 is 0 Å². The van der Waals surface area contributed by atoms with Crippen molar-refractivity contribution < 1.29 is 9.59 Å². The Morgan fingerprint density at radius 1 is 1.03 bits per heavy atom. The van der Waals surface area contributed by atoms with Gasteiger partial charge in [-0.1, -0.05) is 12.1 Å². The lowest BCUT2D eigenvalue weighted by molar-refractivity contribution is -0.128. The van der Waals surface area contributed by atoms with Crippen molar-refractivity contribution in [3.63, 3.8) is 0 Å². The molecule has 2 heterocycles. The molecule has 1 saturated heterocycles. The summed E-state index contributed by atoms with van der Waals surface area (Å²) in [5, 5.41) is 4.19. The summed E-state index contributed by atoms with van der Waals surface area (Å²) in [5.74, 6) is 0.106. The van der Waals surface area contributed by atoms with E-state index in [0.29, 0.717) is 18.5 Å². The van der Waals surface area contributed by atoms with Crippen molar-refractivity contribution in [2.75, 3.05) is 11.9 Å². The zero-order valence-corrected chi connectivity index (χ0v) is 16.5. The van der Waals surface area contributed by atoms with E-state index < -0.39 is 0 Å². The fourth-order valence-corrected chi connectivity index (χ4v) is 4.59. The van der Waals surface area contributed by atoms with Crippen LogP contribution in [0.1, 0.15) is 52.9 Å². The molecule has 2 N–H and O–H groups in total. The molecule has 5 heteroatoms. The van der Waals surface area contributed by atoms with Crippen LogP contribution in [0.3, 0.4) is 0 Å². The molecule has 5 rings (SSSR count). The lowest BCUT2D eigenvalue weighted by atomic mass is 9.95. The van der Waals surface area contributed by atoms with Crippen molar-refractivity contribution in [3.8, 4) is 0 Å². The van der Waals surface area contributed by atoms with Crippen LogP contribution < -0.4 is 5.32 Å². The summed E-state index contributed by atoms with van der Waals surface area (Å²) in [6.45, 7) is 1.42. The van der Waals surface area contributed by atoms with E-state index in [2.05, 4.69) is 10.3 Å². The lowest BCUT2D eigenvalue weighted by Gasteiger charge is -2.16. The predicted octanol–water partition coefficient (Wildman–Crippen LogP) is 4.42. The van der Waals surface area contributed by atoms with Crippen molar-refractivity contribution in [1.29, 1.82) is 0 Å². The number of nitrogens with one attached hydrogen (secondary N) is 2. The first kappa shape index (κ1) is 18.0. The van der Waals surface area contributed by atoms with Crippen LogP contribution >= 0.6 is 0 Å². The molecule has 0 unspecified atom stereocenters. The first-order valence-corrected chi connectivity index (χ1v) is 10.5. The summed E-state index contributed by atoms with van der Waals surface area (Å²) in [4.78, 5) is 30.1. The minimum Gasteiger partial charge on any atom is -0.358 e. The maximum atomic E-state index is 12.9. The van der Waals surface area contributed by atoms with Crippen molar-refractivity contribution in [1.82, 2.24) is 9.88 Å².